The summed E-state index contributed by atoms with van der Waals surface area (Å²) in [5.74, 6) is 0.277. The number of ether oxygens (including phenoxy) is 1. The van der Waals surface area contributed by atoms with Crippen molar-refractivity contribution in [2.45, 2.75) is 29.8 Å². The minimum Gasteiger partial charge on any atom is -0.379 e. The van der Waals surface area contributed by atoms with E-state index in [4.69, 9.17) is 4.74 Å². The van der Waals surface area contributed by atoms with E-state index in [2.05, 4.69) is 10.3 Å². The zero-order chi connectivity index (χ0) is 13.9. The van der Waals surface area contributed by atoms with Crippen molar-refractivity contribution in [3.8, 4) is 0 Å². The highest BCUT2D eigenvalue weighted by Crippen LogP contribution is 2.35. The maximum Gasteiger partial charge on any atom is 0.416 e. The normalized spacial score (nSPS) is 16.2. The molecule has 0 spiro atoms. The predicted molar refractivity (Wildman–Crippen MR) is 68.5 cm³/mol. The van der Waals surface area contributed by atoms with E-state index in [1.807, 2.05) is 6.92 Å². The monoisotopic (exact) mass is 292 g/mol. The number of anilines is 1. The lowest BCUT2D eigenvalue weighted by atomic mass is 10.2. The van der Waals surface area contributed by atoms with Crippen LogP contribution < -0.4 is 5.32 Å². The highest BCUT2D eigenvalue weighted by Gasteiger charge is 2.32. The van der Waals surface area contributed by atoms with Gasteiger partial charge in [0.05, 0.1) is 29.1 Å². The van der Waals surface area contributed by atoms with Crippen molar-refractivity contribution in [1.82, 2.24) is 4.98 Å². The van der Waals surface area contributed by atoms with E-state index in [0.29, 0.717) is 24.8 Å². The minimum atomic E-state index is -4.35. The number of nitrogens with zero attached hydrogens (tertiary/aromatic N) is 1. The lowest BCUT2D eigenvalue weighted by Gasteiger charge is -2.25. The van der Waals surface area contributed by atoms with E-state index in [-0.39, 0.29) is 11.1 Å². The molecular formula is C12H15F3N2OS. The summed E-state index contributed by atoms with van der Waals surface area (Å²) in [5.41, 5.74) is -0.663. The third-order valence-corrected chi connectivity index (χ3v) is 3.64. The van der Waals surface area contributed by atoms with Crippen LogP contribution in [-0.4, -0.2) is 30.0 Å². The number of rotatable bonds is 5. The van der Waals surface area contributed by atoms with E-state index in [1.165, 1.54) is 11.8 Å². The van der Waals surface area contributed by atoms with Gasteiger partial charge in [-0.2, -0.15) is 13.2 Å². The van der Waals surface area contributed by atoms with Crippen LogP contribution in [-0.2, 0) is 10.9 Å². The molecule has 106 valence electrons. The summed E-state index contributed by atoms with van der Waals surface area (Å²) in [6.07, 6.45) is -3.52. The fourth-order valence-electron chi connectivity index (χ4n) is 1.53. The molecule has 0 amide bonds. The number of hydrogen-bond donors (Lipinski definition) is 1. The van der Waals surface area contributed by atoms with Gasteiger partial charge in [-0.05, 0) is 18.6 Å². The molecule has 0 saturated carbocycles. The molecule has 2 heterocycles. The topological polar surface area (TPSA) is 34.1 Å². The van der Waals surface area contributed by atoms with Gasteiger partial charge >= 0.3 is 6.18 Å². The first-order valence-electron chi connectivity index (χ1n) is 6.06. The fourth-order valence-corrected chi connectivity index (χ4v) is 2.54. The van der Waals surface area contributed by atoms with Crippen molar-refractivity contribution in [3.05, 3.63) is 17.7 Å². The molecule has 1 aromatic rings. The van der Waals surface area contributed by atoms with Gasteiger partial charge in [-0.15, -0.1) is 0 Å². The molecule has 0 unspecified atom stereocenters. The summed E-state index contributed by atoms with van der Waals surface area (Å²) >= 11 is 1.33. The van der Waals surface area contributed by atoms with Crippen LogP contribution in [0.15, 0.2) is 17.2 Å². The van der Waals surface area contributed by atoms with Gasteiger partial charge < -0.3 is 10.1 Å². The first-order chi connectivity index (χ1) is 8.99. The van der Waals surface area contributed by atoms with Crippen LogP contribution in [0.3, 0.4) is 0 Å². The summed E-state index contributed by atoms with van der Waals surface area (Å²) in [6, 6.07) is 2.15. The molecule has 7 heteroatoms. The first-order valence-corrected chi connectivity index (χ1v) is 6.94. The molecule has 1 aromatic heterocycles. The number of halogens is 3. The largest absolute Gasteiger partial charge is 0.416 e. The SMILES string of the molecule is CCCNc1cc(C(F)(F)F)cc(SC2COC2)n1. The van der Waals surface area contributed by atoms with Gasteiger partial charge in [0.1, 0.15) is 5.82 Å². The van der Waals surface area contributed by atoms with E-state index in [0.717, 1.165) is 18.6 Å². The number of aromatic nitrogens is 1. The zero-order valence-corrected chi connectivity index (χ0v) is 11.3. The molecule has 1 N–H and O–H groups in total. The Balaban J connectivity index is 2.19. The van der Waals surface area contributed by atoms with E-state index >= 15 is 0 Å². The third kappa shape index (κ3) is 4.01. The van der Waals surface area contributed by atoms with Crippen LogP contribution in [0.5, 0.6) is 0 Å². The van der Waals surface area contributed by atoms with Gasteiger partial charge in [0.2, 0.25) is 0 Å². The molecule has 1 aliphatic rings. The average Bonchev–Trinajstić information content (AvgIpc) is 2.30. The number of thioether (sulfide) groups is 1. The summed E-state index contributed by atoms with van der Waals surface area (Å²) in [5, 5.41) is 3.49. The van der Waals surface area contributed by atoms with Crippen molar-refractivity contribution >= 4 is 17.6 Å². The third-order valence-electron chi connectivity index (χ3n) is 2.58. The number of nitrogens with one attached hydrogen (secondary N) is 1. The Morgan fingerprint density at radius 1 is 1.42 bits per heavy atom. The molecular weight excluding hydrogens is 277 g/mol. The Morgan fingerprint density at radius 2 is 2.16 bits per heavy atom. The standard InChI is InChI=1S/C12H15F3N2OS/c1-2-3-16-10-4-8(12(13,14)15)5-11(17-10)19-9-6-18-7-9/h4-5,9H,2-3,6-7H2,1H3,(H,16,17). The lowest BCUT2D eigenvalue weighted by Crippen LogP contribution is -2.30. The Kier molecular flexibility index (Phi) is 4.57. The van der Waals surface area contributed by atoms with Crippen molar-refractivity contribution in [1.29, 1.82) is 0 Å². The Bertz CT molecular complexity index is 435. The zero-order valence-electron chi connectivity index (χ0n) is 10.5. The first kappa shape index (κ1) is 14.5. The van der Waals surface area contributed by atoms with Gasteiger partial charge in [0, 0.05) is 6.54 Å². The van der Waals surface area contributed by atoms with Crippen LogP contribution in [0.25, 0.3) is 0 Å². The second-order valence-corrected chi connectivity index (χ2v) is 5.60. The Hall–Kier alpha value is -0.950. The Labute approximate surface area is 113 Å². The van der Waals surface area contributed by atoms with Crippen LogP contribution >= 0.6 is 11.8 Å². The molecule has 1 saturated heterocycles. The van der Waals surface area contributed by atoms with Gasteiger partial charge in [0.25, 0.3) is 0 Å². The van der Waals surface area contributed by atoms with E-state index in [1.54, 1.807) is 0 Å². The summed E-state index contributed by atoms with van der Waals surface area (Å²) in [6.45, 7) is 3.69. The summed E-state index contributed by atoms with van der Waals surface area (Å²) in [4.78, 5) is 4.20. The van der Waals surface area contributed by atoms with Crippen LogP contribution in [0.2, 0.25) is 0 Å². The van der Waals surface area contributed by atoms with Gasteiger partial charge in [-0.25, -0.2) is 4.98 Å². The molecule has 0 bridgehead atoms. The predicted octanol–water partition coefficient (Wildman–Crippen LogP) is 3.41. The molecule has 0 radical (unpaired) electrons. The van der Waals surface area contributed by atoms with Crippen LogP contribution in [0.1, 0.15) is 18.9 Å². The molecule has 3 nitrogen and oxygen atoms in total. The molecule has 1 aliphatic heterocycles. The van der Waals surface area contributed by atoms with Crippen molar-refractivity contribution < 1.29 is 17.9 Å². The van der Waals surface area contributed by atoms with E-state index < -0.39 is 11.7 Å². The molecule has 19 heavy (non-hydrogen) atoms. The fraction of sp³-hybridized carbons (Fsp3) is 0.583. The van der Waals surface area contributed by atoms with Gasteiger partial charge in [-0.3, -0.25) is 0 Å². The molecule has 1 fully saturated rings. The second kappa shape index (κ2) is 6.00. The average molecular weight is 292 g/mol. The van der Waals surface area contributed by atoms with Gasteiger partial charge in [-0.1, -0.05) is 18.7 Å². The highest BCUT2D eigenvalue weighted by molar-refractivity contribution is 8.00. The second-order valence-electron chi connectivity index (χ2n) is 4.28. The number of pyridine rings is 1. The molecule has 2 rings (SSSR count). The smallest absolute Gasteiger partial charge is 0.379 e. The van der Waals surface area contributed by atoms with Crippen molar-refractivity contribution in [3.63, 3.8) is 0 Å². The molecule has 0 atom stereocenters. The van der Waals surface area contributed by atoms with Crippen LogP contribution in [0.4, 0.5) is 19.0 Å². The minimum absolute atomic E-state index is 0.204. The number of alkyl halides is 3. The van der Waals surface area contributed by atoms with E-state index in [9.17, 15) is 13.2 Å². The van der Waals surface area contributed by atoms with Crippen molar-refractivity contribution in [2.24, 2.45) is 0 Å². The molecule has 0 aliphatic carbocycles. The maximum absolute atomic E-state index is 12.8. The summed E-state index contributed by atoms with van der Waals surface area (Å²) in [7, 11) is 0. The maximum atomic E-state index is 12.8. The lowest BCUT2D eigenvalue weighted by molar-refractivity contribution is -0.137. The Morgan fingerprint density at radius 3 is 2.68 bits per heavy atom. The molecule has 0 aromatic carbocycles. The number of hydrogen-bond acceptors (Lipinski definition) is 4. The van der Waals surface area contributed by atoms with Crippen molar-refractivity contribution in [2.75, 3.05) is 25.1 Å². The van der Waals surface area contributed by atoms with Gasteiger partial charge in [0.15, 0.2) is 0 Å². The highest BCUT2D eigenvalue weighted by atomic mass is 32.2. The van der Waals surface area contributed by atoms with Crippen LogP contribution in [0, 0.1) is 0 Å². The summed E-state index contributed by atoms with van der Waals surface area (Å²) < 4.78 is 43.5. The quantitative estimate of drug-likeness (QED) is 0.902.